The molecule has 0 fully saturated rings. The number of rotatable bonds is 5. The van der Waals surface area contributed by atoms with Crippen molar-refractivity contribution in [3.8, 4) is 0 Å². The first-order valence-corrected chi connectivity index (χ1v) is 7.10. The fourth-order valence-electron chi connectivity index (χ4n) is 1.74. The van der Waals surface area contributed by atoms with E-state index in [2.05, 4.69) is 0 Å². The van der Waals surface area contributed by atoms with Gasteiger partial charge in [0, 0.05) is 0 Å². The average Bonchev–Trinajstić information content (AvgIpc) is 2.17. The quantitative estimate of drug-likeness (QED) is 0.533. The molecule has 0 aliphatic carbocycles. The Bertz CT molecular complexity index is 272. The first-order chi connectivity index (χ1) is 7.09. The molecule has 0 saturated carbocycles. The highest BCUT2D eigenvalue weighted by Crippen LogP contribution is 2.23. The third-order valence-corrected chi connectivity index (χ3v) is 3.73. The molecule has 0 spiro atoms. The molecule has 0 N–H and O–H groups in total. The van der Waals surface area contributed by atoms with Crippen LogP contribution in [-0.2, 0) is 6.42 Å². The molecule has 0 bridgehead atoms. The van der Waals surface area contributed by atoms with Crippen molar-refractivity contribution < 1.29 is 8.22 Å². The van der Waals surface area contributed by atoms with Gasteiger partial charge in [-0.05, 0) is 29.9 Å². The molecule has 0 aromatic heterocycles. The number of hydrogen-bond acceptors (Lipinski definition) is 0. The summed E-state index contributed by atoms with van der Waals surface area (Å²) in [6.45, 7) is 4.06. The lowest BCUT2D eigenvalue weighted by atomic mass is 9.91. The Labute approximate surface area is 92.3 Å². The van der Waals surface area contributed by atoms with Crippen molar-refractivity contribution in [2.45, 2.75) is 26.3 Å². The molecule has 0 heterocycles. The van der Waals surface area contributed by atoms with E-state index < -0.39 is 9.46 Å². The smallest absolute Gasteiger partial charge is 0.275 e. The van der Waals surface area contributed by atoms with Gasteiger partial charge in [0.05, 0.1) is 0 Å². The largest absolute Gasteiger partial charge is 0.411 e. The average molecular weight is 228 g/mol. The minimum atomic E-state index is -3.43. The van der Waals surface area contributed by atoms with Crippen LogP contribution in [0.3, 0.4) is 0 Å². The number of halogens is 2. The highest BCUT2D eigenvalue weighted by atomic mass is 28.4. The lowest BCUT2D eigenvalue weighted by Gasteiger charge is -2.19. The highest BCUT2D eigenvalue weighted by Gasteiger charge is 2.20. The van der Waals surface area contributed by atoms with Crippen molar-refractivity contribution >= 4 is 9.46 Å². The zero-order valence-corrected chi connectivity index (χ0v) is 10.4. The summed E-state index contributed by atoms with van der Waals surface area (Å²) < 4.78 is 25.0. The minimum absolute atomic E-state index is 0.138. The maximum atomic E-state index is 12.5. The maximum absolute atomic E-state index is 12.5. The Balaban J connectivity index is 2.59. The molecular weight excluding hydrogens is 210 g/mol. The molecule has 1 atom stereocenters. The zero-order chi connectivity index (χ0) is 11.3. The Morgan fingerprint density at radius 3 is 2.20 bits per heavy atom. The molecule has 84 valence electrons. The third-order valence-electron chi connectivity index (χ3n) is 2.76. The van der Waals surface area contributed by atoms with Gasteiger partial charge in [-0.1, -0.05) is 44.2 Å². The molecule has 3 heteroatoms. The van der Waals surface area contributed by atoms with E-state index in [1.54, 1.807) is 0 Å². The molecule has 0 nitrogen and oxygen atoms in total. The van der Waals surface area contributed by atoms with Crippen LogP contribution in [0.25, 0.3) is 0 Å². The second-order valence-corrected chi connectivity index (χ2v) is 5.57. The Morgan fingerprint density at radius 1 is 1.13 bits per heavy atom. The third kappa shape index (κ3) is 4.56. The van der Waals surface area contributed by atoms with Crippen molar-refractivity contribution in [2.24, 2.45) is 11.8 Å². The molecule has 0 aliphatic rings. The van der Waals surface area contributed by atoms with Gasteiger partial charge in [0.2, 0.25) is 0 Å². The fraction of sp³-hybridized carbons (Fsp3) is 0.500. The molecule has 1 aromatic rings. The Kier molecular flexibility index (Phi) is 4.95. The fourth-order valence-corrected chi connectivity index (χ4v) is 2.91. The van der Waals surface area contributed by atoms with E-state index in [-0.39, 0.29) is 12.0 Å². The highest BCUT2D eigenvalue weighted by molar-refractivity contribution is 6.42. The summed E-state index contributed by atoms with van der Waals surface area (Å²) in [4.78, 5) is 0. The zero-order valence-electron chi connectivity index (χ0n) is 9.29. The van der Waals surface area contributed by atoms with Gasteiger partial charge in [0.25, 0.3) is 0 Å². The van der Waals surface area contributed by atoms with Gasteiger partial charge in [0.1, 0.15) is 0 Å². The van der Waals surface area contributed by atoms with Gasteiger partial charge >= 0.3 is 9.46 Å². The van der Waals surface area contributed by atoms with Gasteiger partial charge in [-0.3, -0.25) is 8.22 Å². The molecule has 0 saturated heterocycles. The van der Waals surface area contributed by atoms with Gasteiger partial charge in [-0.15, -0.1) is 0 Å². The summed E-state index contributed by atoms with van der Waals surface area (Å²) >= 11 is 0. The molecule has 1 aromatic carbocycles. The van der Waals surface area contributed by atoms with E-state index in [0.29, 0.717) is 5.92 Å². The lowest BCUT2D eigenvalue weighted by Crippen LogP contribution is -2.16. The normalized spacial score (nSPS) is 13.5. The van der Waals surface area contributed by atoms with Gasteiger partial charge in [-0.25, -0.2) is 0 Å². The Hall–Kier alpha value is -0.703. The summed E-state index contributed by atoms with van der Waals surface area (Å²) in [5.41, 5.74) is 1.17. The van der Waals surface area contributed by atoms with Gasteiger partial charge in [-0.2, -0.15) is 0 Å². The van der Waals surface area contributed by atoms with E-state index in [1.165, 1.54) is 5.56 Å². The van der Waals surface area contributed by atoms with Crippen LogP contribution < -0.4 is 0 Å². The van der Waals surface area contributed by atoms with E-state index in [9.17, 15) is 8.22 Å². The summed E-state index contributed by atoms with van der Waals surface area (Å²) in [5.74, 6) is 0.478. The predicted molar refractivity (Wildman–Crippen MR) is 62.6 cm³/mol. The number of benzene rings is 1. The van der Waals surface area contributed by atoms with Crippen LogP contribution in [0.15, 0.2) is 30.3 Å². The molecular formula is C12H18F2Si. The van der Waals surface area contributed by atoms with Crippen LogP contribution in [0, 0.1) is 11.8 Å². The van der Waals surface area contributed by atoms with Crippen LogP contribution in [0.4, 0.5) is 8.22 Å². The van der Waals surface area contributed by atoms with Crippen LogP contribution in [0.2, 0.25) is 6.04 Å². The van der Waals surface area contributed by atoms with Crippen molar-refractivity contribution in [1.82, 2.24) is 0 Å². The summed E-state index contributed by atoms with van der Waals surface area (Å²) in [6.07, 6.45) is 0.788. The minimum Gasteiger partial charge on any atom is -0.275 e. The lowest BCUT2D eigenvalue weighted by molar-refractivity contribution is 0.400. The topological polar surface area (TPSA) is 0 Å². The van der Waals surface area contributed by atoms with Crippen LogP contribution in [-0.4, -0.2) is 9.46 Å². The second-order valence-electron chi connectivity index (χ2n) is 4.32. The van der Waals surface area contributed by atoms with Crippen LogP contribution in [0.5, 0.6) is 0 Å². The summed E-state index contributed by atoms with van der Waals surface area (Å²) in [7, 11) is -3.43. The molecule has 1 rings (SSSR count). The van der Waals surface area contributed by atoms with Gasteiger partial charge < -0.3 is 0 Å². The monoisotopic (exact) mass is 228 g/mol. The predicted octanol–water partition coefficient (Wildman–Crippen LogP) is 3.66. The van der Waals surface area contributed by atoms with Gasteiger partial charge in [0.15, 0.2) is 0 Å². The van der Waals surface area contributed by atoms with Crippen molar-refractivity contribution in [3.05, 3.63) is 35.9 Å². The van der Waals surface area contributed by atoms with Crippen LogP contribution in [0.1, 0.15) is 19.4 Å². The Morgan fingerprint density at radius 2 is 1.73 bits per heavy atom. The molecule has 1 unspecified atom stereocenters. The van der Waals surface area contributed by atoms with Crippen molar-refractivity contribution in [1.29, 1.82) is 0 Å². The first-order valence-electron chi connectivity index (χ1n) is 5.41. The van der Waals surface area contributed by atoms with E-state index in [0.717, 1.165) is 6.42 Å². The molecule has 15 heavy (non-hydrogen) atoms. The molecule has 0 radical (unpaired) electrons. The first kappa shape index (κ1) is 12.4. The summed E-state index contributed by atoms with van der Waals surface area (Å²) in [5, 5.41) is 0. The van der Waals surface area contributed by atoms with Crippen molar-refractivity contribution in [2.75, 3.05) is 0 Å². The van der Waals surface area contributed by atoms with E-state index in [4.69, 9.17) is 0 Å². The molecule has 0 aliphatic heterocycles. The van der Waals surface area contributed by atoms with Crippen molar-refractivity contribution in [3.63, 3.8) is 0 Å². The van der Waals surface area contributed by atoms with E-state index in [1.807, 2.05) is 44.2 Å². The van der Waals surface area contributed by atoms with E-state index >= 15 is 0 Å². The van der Waals surface area contributed by atoms with Crippen LogP contribution >= 0.6 is 0 Å². The molecule has 0 amide bonds. The second kappa shape index (κ2) is 6.01. The summed E-state index contributed by atoms with van der Waals surface area (Å²) in [6, 6.07) is 10.1. The maximum Gasteiger partial charge on any atom is 0.411 e. The standard InChI is InChI=1S/C12H18F2Si/c1-10(2)12(9-15(13)14)8-11-6-4-3-5-7-11/h3-7,10,12,15H,8-9H2,1-2H3. The number of hydrogen-bond donors (Lipinski definition) is 0. The SMILES string of the molecule is CC(C)C(Cc1ccccc1)C[SiH](F)F.